The Morgan fingerprint density at radius 1 is 1.00 bits per heavy atom. The van der Waals surface area contributed by atoms with Gasteiger partial charge in [-0.25, -0.2) is 0 Å². The van der Waals surface area contributed by atoms with Crippen molar-refractivity contribution in [1.82, 2.24) is 0 Å². The lowest BCUT2D eigenvalue weighted by Crippen LogP contribution is -2.18. The number of para-hydroxylation sites is 1. The molecule has 2 aliphatic heterocycles. The molecule has 4 nitrogen and oxygen atoms in total. The second-order valence-electron chi connectivity index (χ2n) is 7.58. The van der Waals surface area contributed by atoms with E-state index < -0.39 is 0 Å². The van der Waals surface area contributed by atoms with E-state index in [0.29, 0.717) is 33.7 Å². The highest BCUT2D eigenvalue weighted by atomic mass is 35.5. The Balaban J connectivity index is 1.35. The molecule has 1 atom stereocenters. The van der Waals surface area contributed by atoms with Crippen LogP contribution < -0.4 is 14.2 Å². The van der Waals surface area contributed by atoms with Crippen molar-refractivity contribution in [2.75, 3.05) is 0 Å². The molecular formula is C26H18Cl2O4. The van der Waals surface area contributed by atoms with Gasteiger partial charge < -0.3 is 14.2 Å². The molecule has 3 aromatic rings. The summed E-state index contributed by atoms with van der Waals surface area (Å²) in [4.78, 5) is 12.9. The molecule has 160 valence electrons. The highest BCUT2D eigenvalue weighted by molar-refractivity contribution is 6.42. The average molecular weight is 465 g/mol. The topological polar surface area (TPSA) is 44.8 Å². The van der Waals surface area contributed by atoms with Crippen molar-refractivity contribution in [3.8, 4) is 17.2 Å². The molecule has 0 N–H and O–H groups in total. The summed E-state index contributed by atoms with van der Waals surface area (Å²) in [5.74, 6) is 1.99. The van der Waals surface area contributed by atoms with Crippen molar-refractivity contribution in [3.05, 3.63) is 105 Å². The van der Waals surface area contributed by atoms with E-state index in [2.05, 4.69) is 0 Å². The molecule has 0 fully saturated rings. The summed E-state index contributed by atoms with van der Waals surface area (Å²) < 4.78 is 17.7. The van der Waals surface area contributed by atoms with Gasteiger partial charge in [-0.15, -0.1) is 0 Å². The van der Waals surface area contributed by atoms with Crippen molar-refractivity contribution in [2.24, 2.45) is 0 Å². The minimum atomic E-state index is -0.192. The van der Waals surface area contributed by atoms with Crippen LogP contribution in [0.5, 0.6) is 17.2 Å². The quantitative estimate of drug-likeness (QED) is 0.394. The Labute approximate surface area is 195 Å². The first kappa shape index (κ1) is 20.7. The van der Waals surface area contributed by atoms with Gasteiger partial charge in [0.15, 0.2) is 5.76 Å². The van der Waals surface area contributed by atoms with Gasteiger partial charge in [-0.3, -0.25) is 4.79 Å². The van der Waals surface area contributed by atoms with Crippen LogP contribution in [0.3, 0.4) is 0 Å². The lowest BCUT2D eigenvalue weighted by molar-refractivity contribution is 0.101. The molecule has 2 heterocycles. The highest BCUT2D eigenvalue weighted by Crippen LogP contribution is 2.36. The van der Waals surface area contributed by atoms with Crippen molar-refractivity contribution in [3.63, 3.8) is 0 Å². The van der Waals surface area contributed by atoms with Gasteiger partial charge in [0, 0.05) is 11.6 Å². The fraction of sp³-hybridized carbons (Fsp3) is 0.115. The number of carbonyl (C=O) groups is 1. The molecule has 0 amide bonds. The molecule has 2 aliphatic rings. The van der Waals surface area contributed by atoms with Gasteiger partial charge in [0.25, 0.3) is 0 Å². The smallest absolute Gasteiger partial charge is 0.231 e. The third-order valence-corrected chi connectivity index (χ3v) is 6.08. The minimum absolute atomic E-state index is 0.164. The summed E-state index contributed by atoms with van der Waals surface area (Å²) >= 11 is 12.0. The van der Waals surface area contributed by atoms with Gasteiger partial charge >= 0.3 is 0 Å². The molecule has 3 aromatic carbocycles. The van der Waals surface area contributed by atoms with E-state index in [1.165, 1.54) is 0 Å². The van der Waals surface area contributed by atoms with Gasteiger partial charge in [-0.05, 0) is 60.5 Å². The van der Waals surface area contributed by atoms with Crippen LogP contribution in [0.25, 0.3) is 6.08 Å². The number of carbonyl (C=O) groups excluding carboxylic acids is 1. The molecule has 0 bridgehead atoms. The lowest BCUT2D eigenvalue weighted by Gasteiger charge is -2.22. The summed E-state index contributed by atoms with van der Waals surface area (Å²) in [6.07, 6.45) is 3.57. The second kappa shape index (κ2) is 8.38. The molecule has 0 radical (unpaired) electrons. The maximum absolute atomic E-state index is 12.9. The molecule has 5 rings (SSSR count). The normalized spacial score (nSPS) is 17.8. The van der Waals surface area contributed by atoms with Crippen molar-refractivity contribution >= 4 is 35.1 Å². The van der Waals surface area contributed by atoms with Crippen molar-refractivity contribution in [1.29, 1.82) is 0 Å². The van der Waals surface area contributed by atoms with Crippen molar-refractivity contribution in [2.45, 2.75) is 19.6 Å². The predicted molar refractivity (Wildman–Crippen MR) is 125 cm³/mol. The molecule has 0 spiro atoms. The fourth-order valence-electron chi connectivity index (χ4n) is 3.63. The van der Waals surface area contributed by atoms with Gasteiger partial charge in [0.05, 0.1) is 15.6 Å². The maximum Gasteiger partial charge on any atom is 0.231 e. The first-order valence-corrected chi connectivity index (χ1v) is 10.9. The number of benzene rings is 3. The van der Waals surface area contributed by atoms with Crippen LogP contribution in [0.1, 0.15) is 28.4 Å². The molecule has 1 unspecified atom stereocenters. The largest absolute Gasteiger partial charge is 0.489 e. The van der Waals surface area contributed by atoms with Crippen LogP contribution in [0.2, 0.25) is 10.0 Å². The van der Waals surface area contributed by atoms with Crippen LogP contribution in [-0.4, -0.2) is 11.9 Å². The van der Waals surface area contributed by atoms with E-state index in [1.54, 1.807) is 36.4 Å². The third-order valence-electron chi connectivity index (χ3n) is 5.34. The zero-order valence-corrected chi connectivity index (χ0v) is 18.6. The summed E-state index contributed by atoms with van der Waals surface area (Å²) in [5.41, 5.74) is 3.23. The number of Topliss-reactive ketones (excluding diaryl/α,β-unsaturated/α-hetero) is 1. The fourth-order valence-corrected chi connectivity index (χ4v) is 3.95. The summed E-state index contributed by atoms with van der Waals surface area (Å²) in [6, 6.07) is 18.3. The number of halogens is 2. The van der Waals surface area contributed by atoms with Crippen LogP contribution in [-0.2, 0) is 6.61 Å². The zero-order valence-electron chi connectivity index (χ0n) is 17.1. The standard InChI is InChI=1S/C26H18Cl2O4/c1-15-18(11-17-4-2-3-5-23(17)31-15)12-25-26(29)20-8-7-19(13-24(20)32-25)30-14-16-6-9-21(27)22(28)10-16/h2-13,15H,14H2,1H3/b25-12-. The SMILES string of the molecule is CC1Oc2ccccc2C=C1/C=C1\Oc2cc(OCc3ccc(Cl)c(Cl)c3)ccc2C1=O. The lowest BCUT2D eigenvalue weighted by atomic mass is 10.0. The molecule has 0 aliphatic carbocycles. The van der Waals surface area contributed by atoms with Crippen LogP contribution >= 0.6 is 23.2 Å². The Bertz CT molecular complexity index is 1290. The average Bonchev–Trinajstić information content (AvgIpc) is 3.09. The second-order valence-corrected chi connectivity index (χ2v) is 8.39. The van der Waals surface area contributed by atoms with E-state index in [9.17, 15) is 4.79 Å². The summed E-state index contributed by atoms with van der Waals surface area (Å²) in [5, 5.41) is 0.971. The van der Waals surface area contributed by atoms with Gasteiger partial charge in [-0.1, -0.05) is 47.5 Å². The Hall–Kier alpha value is -3.21. The molecule has 0 aromatic heterocycles. The summed E-state index contributed by atoms with van der Waals surface area (Å²) in [6.45, 7) is 2.26. The first-order chi connectivity index (χ1) is 15.5. The van der Waals surface area contributed by atoms with E-state index in [-0.39, 0.29) is 17.6 Å². The van der Waals surface area contributed by atoms with Gasteiger partial charge in [0.2, 0.25) is 5.78 Å². The van der Waals surface area contributed by atoms with Gasteiger partial charge in [-0.2, -0.15) is 0 Å². The molecule has 6 heteroatoms. The Morgan fingerprint density at radius 2 is 1.84 bits per heavy atom. The number of allylic oxidation sites excluding steroid dienone is 1. The number of ether oxygens (including phenoxy) is 3. The monoisotopic (exact) mass is 464 g/mol. The number of rotatable bonds is 4. The van der Waals surface area contributed by atoms with Gasteiger partial charge in [0.1, 0.15) is 30.0 Å². The summed E-state index contributed by atoms with van der Waals surface area (Å²) in [7, 11) is 0. The molecule has 0 saturated heterocycles. The maximum atomic E-state index is 12.9. The molecular weight excluding hydrogens is 447 g/mol. The Morgan fingerprint density at radius 3 is 2.69 bits per heavy atom. The van der Waals surface area contributed by atoms with E-state index in [4.69, 9.17) is 37.4 Å². The number of hydrogen-bond acceptors (Lipinski definition) is 4. The van der Waals surface area contributed by atoms with Crippen LogP contribution in [0, 0.1) is 0 Å². The minimum Gasteiger partial charge on any atom is -0.489 e. The highest BCUT2D eigenvalue weighted by Gasteiger charge is 2.29. The number of hydrogen-bond donors (Lipinski definition) is 0. The van der Waals surface area contributed by atoms with E-state index in [1.807, 2.05) is 43.3 Å². The molecule has 0 saturated carbocycles. The Kier molecular flexibility index (Phi) is 5.41. The first-order valence-electron chi connectivity index (χ1n) is 10.1. The van der Waals surface area contributed by atoms with Crippen LogP contribution in [0.15, 0.2) is 78.1 Å². The van der Waals surface area contributed by atoms with E-state index in [0.717, 1.165) is 22.4 Å². The number of ketones is 1. The zero-order chi connectivity index (χ0) is 22.2. The van der Waals surface area contributed by atoms with Crippen LogP contribution in [0.4, 0.5) is 0 Å². The number of fused-ring (bicyclic) bond motifs is 2. The predicted octanol–water partition coefficient (Wildman–Crippen LogP) is 6.90. The third kappa shape index (κ3) is 3.99. The van der Waals surface area contributed by atoms with Crippen molar-refractivity contribution < 1.29 is 19.0 Å². The molecule has 32 heavy (non-hydrogen) atoms. The van der Waals surface area contributed by atoms with E-state index >= 15 is 0 Å².